The molecular weight excluding hydrogens is 330 g/mol. The van der Waals surface area contributed by atoms with E-state index in [-0.39, 0.29) is 19.1 Å². The molecule has 0 atom stereocenters. The highest BCUT2D eigenvalue weighted by molar-refractivity contribution is 5.99. The van der Waals surface area contributed by atoms with Gasteiger partial charge >= 0.3 is 0 Å². The van der Waals surface area contributed by atoms with Gasteiger partial charge in [-0.3, -0.25) is 4.79 Å². The lowest BCUT2D eigenvalue weighted by Gasteiger charge is -2.02. The molecule has 6 nitrogen and oxygen atoms in total. The van der Waals surface area contributed by atoms with Crippen molar-refractivity contribution in [3.05, 3.63) is 59.8 Å². The van der Waals surface area contributed by atoms with Crippen LogP contribution in [0.3, 0.4) is 0 Å². The molecule has 132 valence electrons. The summed E-state index contributed by atoms with van der Waals surface area (Å²) in [4.78, 5) is 12.1. The molecule has 1 amide bonds. The Morgan fingerprint density at radius 1 is 1.23 bits per heavy atom. The van der Waals surface area contributed by atoms with Gasteiger partial charge in [0.1, 0.15) is 0 Å². The number of benzene rings is 2. The summed E-state index contributed by atoms with van der Waals surface area (Å²) in [6.07, 6.45) is 3.95. The summed E-state index contributed by atoms with van der Waals surface area (Å²) in [6.45, 7) is 3.20. The number of rotatable bonds is 5. The molecule has 4 rings (SSSR count). The van der Waals surface area contributed by atoms with Crippen LogP contribution in [0.5, 0.6) is 11.5 Å². The molecule has 1 aliphatic heterocycles. The van der Waals surface area contributed by atoms with E-state index in [1.54, 1.807) is 6.21 Å². The van der Waals surface area contributed by atoms with Crippen LogP contribution in [0.15, 0.2) is 53.8 Å². The Hall–Kier alpha value is -3.28. The highest BCUT2D eigenvalue weighted by atomic mass is 16.7. The molecule has 26 heavy (non-hydrogen) atoms. The van der Waals surface area contributed by atoms with Crippen LogP contribution in [0.25, 0.3) is 10.9 Å². The molecule has 0 spiro atoms. The number of nitrogens with zero attached hydrogens (tertiary/aromatic N) is 2. The zero-order valence-corrected chi connectivity index (χ0v) is 14.4. The Bertz CT molecular complexity index is 991. The fourth-order valence-electron chi connectivity index (χ4n) is 3.09. The number of hydrazone groups is 1. The second kappa shape index (κ2) is 6.92. The maximum Gasteiger partial charge on any atom is 0.244 e. The van der Waals surface area contributed by atoms with Gasteiger partial charge in [-0.15, -0.1) is 0 Å². The van der Waals surface area contributed by atoms with Gasteiger partial charge < -0.3 is 14.0 Å². The number of fused-ring (bicyclic) bond motifs is 2. The van der Waals surface area contributed by atoms with Crippen molar-refractivity contribution in [3.8, 4) is 11.5 Å². The Morgan fingerprint density at radius 3 is 2.96 bits per heavy atom. The van der Waals surface area contributed by atoms with E-state index in [4.69, 9.17) is 9.47 Å². The molecule has 0 unspecified atom stereocenters. The first-order valence-corrected chi connectivity index (χ1v) is 8.53. The van der Waals surface area contributed by atoms with E-state index in [2.05, 4.69) is 34.2 Å². The lowest BCUT2D eigenvalue weighted by molar-refractivity contribution is -0.120. The Kier molecular flexibility index (Phi) is 4.31. The molecule has 1 aliphatic rings. The number of aromatic nitrogens is 1. The number of hydrogen-bond donors (Lipinski definition) is 1. The molecule has 3 aromatic rings. The molecule has 0 saturated heterocycles. The number of carbonyl (C=O) groups is 1. The first kappa shape index (κ1) is 16.2. The summed E-state index contributed by atoms with van der Waals surface area (Å²) in [5.41, 5.74) is 5.57. The topological polar surface area (TPSA) is 64.9 Å². The number of hydrogen-bond acceptors (Lipinski definition) is 4. The predicted molar refractivity (Wildman–Crippen MR) is 99.6 cm³/mol. The highest BCUT2D eigenvalue weighted by Gasteiger charge is 2.14. The number of nitrogens with one attached hydrogen (secondary N) is 1. The van der Waals surface area contributed by atoms with Crippen molar-refractivity contribution in [2.24, 2.45) is 5.10 Å². The Morgan fingerprint density at radius 2 is 2.08 bits per heavy atom. The van der Waals surface area contributed by atoms with Crippen LogP contribution in [-0.2, 0) is 17.8 Å². The van der Waals surface area contributed by atoms with Gasteiger partial charge in [-0.25, -0.2) is 5.43 Å². The predicted octanol–water partition coefficient (Wildman–Crippen LogP) is 3.08. The molecule has 0 bridgehead atoms. The van der Waals surface area contributed by atoms with Gasteiger partial charge in [-0.05, 0) is 30.7 Å². The number of ether oxygens (including phenoxy) is 2. The van der Waals surface area contributed by atoms with Crippen molar-refractivity contribution >= 4 is 23.0 Å². The van der Waals surface area contributed by atoms with Crippen LogP contribution in [-0.4, -0.2) is 23.5 Å². The molecule has 2 heterocycles. The van der Waals surface area contributed by atoms with Crippen LogP contribution in [0.2, 0.25) is 0 Å². The van der Waals surface area contributed by atoms with Crippen LogP contribution < -0.4 is 14.9 Å². The average molecular weight is 349 g/mol. The second-order valence-electron chi connectivity index (χ2n) is 6.05. The molecule has 0 fully saturated rings. The van der Waals surface area contributed by atoms with Crippen LogP contribution in [0.4, 0.5) is 0 Å². The molecule has 0 radical (unpaired) electrons. The van der Waals surface area contributed by atoms with Gasteiger partial charge in [0.15, 0.2) is 11.5 Å². The van der Waals surface area contributed by atoms with E-state index < -0.39 is 0 Å². The highest BCUT2D eigenvalue weighted by Crippen LogP contribution is 2.32. The quantitative estimate of drug-likeness (QED) is 0.569. The SMILES string of the molecule is CCn1cc(/C=N\NC(=O)Cc2ccc3c(c2)OCO3)c2ccccc21. The molecule has 0 aliphatic carbocycles. The third-order valence-electron chi connectivity index (χ3n) is 4.35. The van der Waals surface area contributed by atoms with Crippen molar-refractivity contribution < 1.29 is 14.3 Å². The van der Waals surface area contributed by atoms with Gasteiger partial charge in [-0.1, -0.05) is 24.3 Å². The van der Waals surface area contributed by atoms with Crippen LogP contribution in [0.1, 0.15) is 18.1 Å². The Labute approximate surface area is 151 Å². The molecule has 6 heteroatoms. The summed E-state index contributed by atoms with van der Waals surface area (Å²) in [6, 6.07) is 13.6. The van der Waals surface area contributed by atoms with Crippen molar-refractivity contribution in [1.82, 2.24) is 9.99 Å². The lowest BCUT2D eigenvalue weighted by atomic mass is 10.1. The van der Waals surface area contributed by atoms with Gasteiger partial charge in [-0.2, -0.15) is 5.10 Å². The van der Waals surface area contributed by atoms with Gasteiger partial charge in [0.25, 0.3) is 0 Å². The monoisotopic (exact) mass is 349 g/mol. The van der Waals surface area contributed by atoms with E-state index in [1.807, 2.05) is 36.5 Å². The normalized spacial score (nSPS) is 12.8. The first-order chi connectivity index (χ1) is 12.7. The first-order valence-electron chi connectivity index (χ1n) is 8.53. The van der Waals surface area contributed by atoms with Gasteiger partial charge in [0, 0.05) is 29.2 Å². The fourth-order valence-corrected chi connectivity index (χ4v) is 3.09. The Balaban J connectivity index is 1.43. The maximum atomic E-state index is 12.1. The summed E-state index contributed by atoms with van der Waals surface area (Å²) in [5, 5.41) is 5.23. The molecule has 1 aromatic heterocycles. The zero-order valence-electron chi connectivity index (χ0n) is 14.4. The minimum atomic E-state index is -0.181. The fraction of sp³-hybridized carbons (Fsp3) is 0.200. The van der Waals surface area contributed by atoms with Crippen LogP contribution in [0, 0.1) is 0 Å². The maximum absolute atomic E-state index is 12.1. The van der Waals surface area contributed by atoms with E-state index in [0.29, 0.717) is 11.5 Å². The van der Waals surface area contributed by atoms with Crippen LogP contribution >= 0.6 is 0 Å². The summed E-state index contributed by atoms with van der Waals surface area (Å²) >= 11 is 0. The van der Waals surface area contributed by atoms with E-state index in [0.717, 1.165) is 28.6 Å². The third-order valence-corrected chi connectivity index (χ3v) is 4.35. The van der Waals surface area contributed by atoms with Gasteiger partial charge in [0.05, 0.1) is 12.6 Å². The lowest BCUT2D eigenvalue weighted by Crippen LogP contribution is -2.19. The largest absolute Gasteiger partial charge is 0.454 e. The zero-order chi connectivity index (χ0) is 17.9. The minimum absolute atomic E-state index is 0.181. The summed E-state index contributed by atoms with van der Waals surface area (Å²) < 4.78 is 12.8. The summed E-state index contributed by atoms with van der Waals surface area (Å²) in [5.74, 6) is 1.20. The van der Waals surface area contributed by atoms with Crippen molar-refractivity contribution in [1.29, 1.82) is 0 Å². The van der Waals surface area contributed by atoms with Crippen molar-refractivity contribution in [2.45, 2.75) is 19.9 Å². The van der Waals surface area contributed by atoms with Crippen molar-refractivity contribution in [3.63, 3.8) is 0 Å². The minimum Gasteiger partial charge on any atom is -0.454 e. The van der Waals surface area contributed by atoms with Crippen molar-refractivity contribution in [2.75, 3.05) is 6.79 Å². The number of amides is 1. The van der Waals surface area contributed by atoms with E-state index in [1.165, 1.54) is 0 Å². The number of aryl methyl sites for hydroxylation is 1. The second-order valence-corrected chi connectivity index (χ2v) is 6.05. The third kappa shape index (κ3) is 3.13. The smallest absolute Gasteiger partial charge is 0.244 e. The number of para-hydroxylation sites is 1. The molecule has 2 aromatic carbocycles. The molecule has 0 saturated carbocycles. The average Bonchev–Trinajstić information content (AvgIpc) is 3.26. The van der Waals surface area contributed by atoms with E-state index in [9.17, 15) is 4.79 Å². The van der Waals surface area contributed by atoms with E-state index >= 15 is 0 Å². The molecular formula is C20H19N3O3. The standard InChI is InChI=1S/C20H19N3O3/c1-2-23-12-15(16-5-3-4-6-17(16)23)11-21-22-20(24)10-14-7-8-18-19(9-14)26-13-25-18/h3-9,11-12H,2,10,13H2,1H3,(H,22,24)/b21-11-. The summed E-state index contributed by atoms with van der Waals surface area (Å²) in [7, 11) is 0. The number of carbonyl (C=O) groups excluding carboxylic acids is 1. The molecule has 1 N–H and O–H groups in total. The van der Waals surface area contributed by atoms with Gasteiger partial charge in [0.2, 0.25) is 12.7 Å².